The van der Waals surface area contributed by atoms with Gasteiger partial charge in [0, 0.05) is 19.6 Å². The van der Waals surface area contributed by atoms with E-state index in [1.807, 2.05) is 30.3 Å². The Morgan fingerprint density at radius 3 is 2.55 bits per heavy atom. The van der Waals surface area contributed by atoms with Crippen molar-refractivity contribution < 1.29 is 19.4 Å². The summed E-state index contributed by atoms with van der Waals surface area (Å²) in [7, 11) is 1.30. The monoisotopic (exact) mass is 464 g/mol. The molecular weight excluding hydrogens is 439 g/mol. The molecule has 8 heteroatoms. The third kappa shape index (κ3) is 6.43. The number of benzene rings is 2. The summed E-state index contributed by atoms with van der Waals surface area (Å²) in [5.41, 5.74) is 1.62. The van der Waals surface area contributed by atoms with Crippen LogP contribution in [0.1, 0.15) is 23.6 Å². The van der Waals surface area contributed by atoms with Crippen molar-refractivity contribution in [2.75, 3.05) is 33.3 Å². The lowest BCUT2D eigenvalue weighted by Crippen LogP contribution is -2.44. The molecule has 166 valence electrons. The average molecular weight is 465 g/mol. The van der Waals surface area contributed by atoms with Gasteiger partial charge in [0.05, 0.1) is 35.7 Å². The lowest BCUT2D eigenvalue weighted by atomic mass is 10.0. The van der Waals surface area contributed by atoms with Crippen molar-refractivity contribution in [3.63, 3.8) is 0 Å². The number of hydrogen-bond donors (Lipinski definition) is 1. The summed E-state index contributed by atoms with van der Waals surface area (Å²) in [6.45, 7) is 1.60. The van der Waals surface area contributed by atoms with Crippen molar-refractivity contribution in [2.45, 2.75) is 25.0 Å². The molecule has 1 amide bonds. The van der Waals surface area contributed by atoms with E-state index in [0.29, 0.717) is 35.1 Å². The van der Waals surface area contributed by atoms with Crippen molar-refractivity contribution in [3.8, 4) is 0 Å². The molecule has 0 saturated carbocycles. The topological polar surface area (TPSA) is 70.1 Å². The normalized spacial score (nSPS) is 17.4. The number of β-amino-alcohol motifs (C(OH)–C–C–N with tert-alkyl or cyclic N) is 1. The lowest BCUT2D eigenvalue weighted by Gasteiger charge is -2.34. The van der Waals surface area contributed by atoms with Crippen LogP contribution in [0.2, 0.25) is 10.0 Å². The summed E-state index contributed by atoms with van der Waals surface area (Å²) in [6, 6.07) is 14.3. The first-order valence-corrected chi connectivity index (χ1v) is 10.9. The Hall–Kier alpha value is -2.12. The number of likely N-dealkylation sites (tertiary alicyclic amines) is 1. The fourth-order valence-corrected chi connectivity index (χ4v) is 4.10. The molecule has 0 bridgehead atoms. The maximum Gasteiger partial charge on any atom is 0.325 e. The Morgan fingerprint density at radius 2 is 1.94 bits per heavy atom. The van der Waals surface area contributed by atoms with Gasteiger partial charge >= 0.3 is 5.97 Å². The van der Waals surface area contributed by atoms with Gasteiger partial charge in [-0.15, -0.1) is 0 Å². The predicted molar refractivity (Wildman–Crippen MR) is 120 cm³/mol. The molecule has 0 aromatic heterocycles. The maximum absolute atomic E-state index is 13.4. The Labute approximate surface area is 192 Å². The van der Waals surface area contributed by atoms with Gasteiger partial charge in [-0.2, -0.15) is 0 Å². The second-order valence-corrected chi connectivity index (χ2v) is 8.47. The number of aliphatic hydroxyl groups is 1. The van der Waals surface area contributed by atoms with Gasteiger partial charge in [-0.25, -0.2) is 0 Å². The third-order valence-corrected chi connectivity index (χ3v) is 6.17. The van der Waals surface area contributed by atoms with Crippen LogP contribution in [0.4, 0.5) is 0 Å². The maximum atomic E-state index is 13.4. The zero-order chi connectivity index (χ0) is 22.4. The predicted octanol–water partition coefficient (Wildman–Crippen LogP) is 3.35. The number of esters is 1. The average Bonchev–Trinajstić information content (AvgIpc) is 3.18. The van der Waals surface area contributed by atoms with Gasteiger partial charge in [0.2, 0.25) is 5.91 Å². The van der Waals surface area contributed by atoms with Gasteiger partial charge in [0.25, 0.3) is 0 Å². The molecule has 2 aromatic carbocycles. The Balaban J connectivity index is 1.89. The SMILES string of the molecule is COC(=O)CN(C(=O)Cc1ccc(Cl)c(Cl)c1)[C@H](CN1CC[C@H](O)C1)c1ccccc1. The number of hydrogen-bond acceptors (Lipinski definition) is 5. The molecule has 0 aliphatic carbocycles. The number of carbonyl (C=O) groups excluding carboxylic acids is 2. The van der Waals surface area contributed by atoms with Gasteiger partial charge in [-0.05, 0) is 29.7 Å². The minimum atomic E-state index is -0.495. The highest BCUT2D eigenvalue weighted by Gasteiger charge is 2.31. The zero-order valence-corrected chi connectivity index (χ0v) is 18.9. The van der Waals surface area contributed by atoms with E-state index in [1.165, 1.54) is 7.11 Å². The van der Waals surface area contributed by atoms with E-state index < -0.39 is 5.97 Å². The van der Waals surface area contributed by atoms with Gasteiger partial charge < -0.3 is 14.7 Å². The molecule has 0 spiro atoms. The molecule has 1 fully saturated rings. The largest absolute Gasteiger partial charge is 0.468 e. The van der Waals surface area contributed by atoms with Gasteiger partial charge in [-0.3, -0.25) is 14.5 Å². The van der Waals surface area contributed by atoms with E-state index >= 15 is 0 Å². The fraction of sp³-hybridized carbons (Fsp3) is 0.391. The molecule has 0 radical (unpaired) electrons. The molecule has 6 nitrogen and oxygen atoms in total. The number of aliphatic hydroxyl groups excluding tert-OH is 1. The smallest absolute Gasteiger partial charge is 0.325 e. The number of nitrogens with zero attached hydrogens (tertiary/aromatic N) is 2. The van der Waals surface area contributed by atoms with Crippen LogP contribution in [-0.2, 0) is 20.7 Å². The number of halogens is 2. The minimum absolute atomic E-state index is 0.0693. The summed E-state index contributed by atoms with van der Waals surface area (Å²) in [5.74, 6) is -0.720. The van der Waals surface area contributed by atoms with Crippen LogP contribution >= 0.6 is 23.2 Å². The first-order valence-electron chi connectivity index (χ1n) is 10.1. The Morgan fingerprint density at radius 1 is 1.19 bits per heavy atom. The van der Waals surface area contributed by atoms with Crippen LogP contribution in [-0.4, -0.2) is 66.2 Å². The van der Waals surface area contributed by atoms with Crippen molar-refractivity contribution in [2.24, 2.45) is 0 Å². The van der Waals surface area contributed by atoms with E-state index in [4.69, 9.17) is 27.9 Å². The van der Waals surface area contributed by atoms with E-state index in [1.54, 1.807) is 23.1 Å². The van der Waals surface area contributed by atoms with Gasteiger partial charge in [-0.1, -0.05) is 59.6 Å². The highest BCUT2D eigenvalue weighted by Crippen LogP contribution is 2.27. The molecule has 31 heavy (non-hydrogen) atoms. The number of amides is 1. The first-order chi connectivity index (χ1) is 14.9. The molecule has 1 saturated heterocycles. The van der Waals surface area contributed by atoms with Crippen LogP contribution in [0.25, 0.3) is 0 Å². The quantitative estimate of drug-likeness (QED) is 0.606. The summed E-state index contributed by atoms with van der Waals surface area (Å²) < 4.78 is 4.86. The van der Waals surface area contributed by atoms with Crippen molar-refractivity contribution in [1.82, 2.24) is 9.80 Å². The summed E-state index contributed by atoms with van der Waals surface area (Å²) in [4.78, 5) is 29.2. The molecule has 1 N–H and O–H groups in total. The molecular formula is C23H26Cl2N2O4. The second-order valence-electron chi connectivity index (χ2n) is 7.65. The number of rotatable bonds is 8. The third-order valence-electron chi connectivity index (χ3n) is 5.43. The molecule has 2 atom stereocenters. The minimum Gasteiger partial charge on any atom is -0.468 e. The molecule has 1 heterocycles. The zero-order valence-electron chi connectivity index (χ0n) is 17.3. The van der Waals surface area contributed by atoms with E-state index in [9.17, 15) is 14.7 Å². The summed E-state index contributed by atoms with van der Waals surface area (Å²) >= 11 is 12.1. The van der Waals surface area contributed by atoms with Crippen molar-refractivity contribution in [3.05, 3.63) is 69.7 Å². The summed E-state index contributed by atoms with van der Waals surface area (Å²) in [5, 5.41) is 10.7. The Kier molecular flexibility index (Phi) is 8.32. The number of ether oxygens (including phenoxy) is 1. The van der Waals surface area contributed by atoms with Crippen LogP contribution in [0, 0.1) is 0 Å². The van der Waals surface area contributed by atoms with Crippen molar-refractivity contribution in [1.29, 1.82) is 0 Å². The molecule has 2 aromatic rings. The standard InChI is InChI=1S/C23H26Cl2N2O4/c1-31-23(30)15-27(22(29)12-16-7-8-19(24)20(25)11-16)21(17-5-3-2-4-6-17)14-26-10-9-18(28)13-26/h2-8,11,18,21,28H,9-10,12-15H2,1H3/t18-,21+/m0/s1. The second kappa shape index (κ2) is 11.0. The summed E-state index contributed by atoms with van der Waals surface area (Å²) in [6.07, 6.45) is 0.382. The van der Waals surface area contributed by atoms with Gasteiger partial charge in [0.15, 0.2) is 0 Å². The molecule has 0 unspecified atom stereocenters. The molecule has 1 aliphatic rings. The highest BCUT2D eigenvalue weighted by atomic mass is 35.5. The molecule has 1 aliphatic heterocycles. The van der Waals surface area contributed by atoms with Crippen molar-refractivity contribution >= 4 is 35.1 Å². The van der Waals surface area contributed by atoms with E-state index in [-0.39, 0.29) is 31.0 Å². The van der Waals surface area contributed by atoms with E-state index in [0.717, 1.165) is 12.1 Å². The van der Waals surface area contributed by atoms with Crippen LogP contribution in [0.15, 0.2) is 48.5 Å². The van der Waals surface area contributed by atoms with Crippen LogP contribution in [0.3, 0.4) is 0 Å². The van der Waals surface area contributed by atoms with Gasteiger partial charge in [0.1, 0.15) is 6.54 Å². The van der Waals surface area contributed by atoms with Crippen LogP contribution < -0.4 is 0 Å². The fourth-order valence-electron chi connectivity index (χ4n) is 3.78. The first kappa shape index (κ1) is 23.5. The lowest BCUT2D eigenvalue weighted by molar-refractivity contribution is -0.148. The highest BCUT2D eigenvalue weighted by molar-refractivity contribution is 6.42. The number of methoxy groups -OCH3 is 1. The Bertz CT molecular complexity index is 910. The van der Waals surface area contributed by atoms with E-state index in [2.05, 4.69) is 4.90 Å². The number of carbonyl (C=O) groups is 2. The van der Waals surface area contributed by atoms with Crippen LogP contribution in [0.5, 0.6) is 0 Å². The molecule has 3 rings (SSSR count).